The van der Waals surface area contributed by atoms with Crippen LogP contribution in [-0.4, -0.2) is 31.6 Å². The van der Waals surface area contributed by atoms with Crippen LogP contribution in [0.5, 0.6) is 5.75 Å². The van der Waals surface area contributed by atoms with Gasteiger partial charge in [0.15, 0.2) is 0 Å². The zero-order chi connectivity index (χ0) is 18.7. The fraction of sp³-hybridized carbons (Fsp3) is 0.300. The number of hydrogen-bond donors (Lipinski definition) is 2. The van der Waals surface area contributed by atoms with Gasteiger partial charge in [-0.05, 0) is 61.4 Å². The highest BCUT2D eigenvalue weighted by Crippen LogP contribution is 2.24. The third-order valence-electron chi connectivity index (χ3n) is 4.32. The van der Waals surface area contributed by atoms with Gasteiger partial charge < -0.3 is 20.3 Å². The van der Waals surface area contributed by atoms with Crippen molar-refractivity contribution in [3.63, 3.8) is 0 Å². The Hall–Kier alpha value is -3.02. The Balaban J connectivity index is 1.60. The van der Waals surface area contributed by atoms with Crippen LogP contribution in [0, 0.1) is 13.8 Å². The first kappa shape index (κ1) is 17.8. The number of methoxy groups -OCH3 is 1. The van der Waals surface area contributed by atoms with Gasteiger partial charge in [-0.15, -0.1) is 0 Å². The van der Waals surface area contributed by atoms with Crippen molar-refractivity contribution < 1.29 is 14.3 Å². The van der Waals surface area contributed by atoms with E-state index in [0.29, 0.717) is 6.54 Å². The second kappa shape index (κ2) is 7.47. The molecule has 2 aromatic rings. The Bertz CT molecular complexity index is 797. The minimum Gasteiger partial charge on any atom is -0.497 e. The molecule has 136 valence electrons. The van der Waals surface area contributed by atoms with Gasteiger partial charge in [-0.2, -0.15) is 0 Å². The summed E-state index contributed by atoms with van der Waals surface area (Å²) < 4.78 is 5.14. The first-order valence-corrected chi connectivity index (χ1v) is 8.55. The summed E-state index contributed by atoms with van der Waals surface area (Å²) in [7, 11) is 1.60. The molecule has 3 amide bonds. The molecule has 6 heteroatoms. The molecule has 0 bridgehead atoms. The second-order valence-corrected chi connectivity index (χ2v) is 6.58. The van der Waals surface area contributed by atoms with E-state index in [0.717, 1.165) is 28.3 Å². The molecule has 3 rings (SSSR count). The lowest BCUT2D eigenvalue weighted by atomic mass is 10.1. The highest BCUT2D eigenvalue weighted by Gasteiger charge is 2.31. The first-order valence-electron chi connectivity index (χ1n) is 8.55. The molecule has 1 aliphatic rings. The van der Waals surface area contributed by atoms with Crippen LogP contribution in [-0.2, 0) is 4.79 Å². The standard InChI is InChI=1S/C20H23N3O3/c1-13-8-14(2)10-15(9-13)21-20(25)22-16-11-19(24)23(12-16)17-4-6-18(26-3)7-5-17/h4-10,16H,11-12H2,1-3H3,(H2,21,22,25)/t16-/m0/s1. The molecule has 0 radical (unpaired) electrons. The van der Waals surface area contributed by atoms with Crippen molar-refractivity contribution in [2.45, 2.75) is 26.3 Å². The Kier molecular flexibility index (Phi) is 5.11. The van der Waals surface area contributed by atoms with Crippen molar-refractivity contribution in [1.29, 1.82) is 0 Å². The molecular formula is C20H23N3O3. The molecule has 2 N–H and O–H groups in total. The third kappa shape index (κ3) is 4.14. The molecule has 2 aromatic carbocycles. The van der Waals surface area contributed by atoms with Crippen molar-refractivity contribution in [3.05, 3.63) is 53.6 Å². The molecule has 6 nitrogen and oxygen atoms in total. The summed E-state index contributed by atoms with van der Waals surface area (Å²) in [4.78, 5) is 26.2. The Morgan fingerprint density at radius 3 is 2.38 bits per heavy atom. The number of carbonyl (C=O) groups excluding carboxylic acids is 2. The quantitative estimate of drug-likeness (QED) is 0.886. The summed E-state index contributed by atoms with van der Waals surface area (Å²) in [6.45, 7) is 4.42. The van der Waals surface area contributed by atoms with E-state index in [1.807, 2.05) is 56.3 Å². The van der Waals surface area contributed by atoms with Crippen LogP contribution in [0.2, 0.25) is 0 Å². The lowest BCUT2D eigenvalue weighted by molar-refractivity contribution is -0.117. The SMILES string of the molecule is COc1ccc(N2C[C@@H](NC(=O)Nc3cc(C)cc(C)c3)CC2=O)cc1. The molecular weight excluding hydrogens is 330 g/mol. The zero-order valence-electron chi connectivity index (χ0n) is 15.2. The van der Waals surface area contributed by atoms with Gasteiger partial charge in [0.25, 0.3) is 0 Å². The van der Waals surface area contributed by atoms with Gasteiger partial charge in [-0.25, -0.2) is 4.79 Å². The molecule has 0 aliphatic carbocycles. The molecule has 0 saturated carbocycles. The van der Waals surface area contributed by atoms with E-state index in [9.17, 15) is 9.59 Å². The van der Waals surface area contributed by atoms with E-state index in [1.165, 1.54) is 0 Å². The number of anilines is 2. The highest BCUT2D eigenvalue weighted by atomic mass is 16.5. The number of carbonyl (C=O) groups is 2. The predicted octanol–water partition coefficient (Wildman–Crippen LogP) is 3.24. The van der Waals surface area contributed by atoms with E-state index in [-0.39, 0.29) is 24.4 Å². The van der Waals surface area contributed by atoms with Crippen molar-refractivity contribution >= 4 is 23.3 Å². The maximum Gasteiger partial charge on any atom is 0.319 e. The average Bonchev–Trinajstić information content (AvgIpc) is 2.94. The highest BCUT2D eigenvalue weighted by molar-refractivity contribution is 5.97. The van der Waals surface area contributed by atoms with Crippen LogP contribution in [0.4, 0.5) is 16.2 Å². The van der Waals surface area contributed by atoms with E-state index < -0.39 is 0 Å². The number of amides is 3. The molecule has 0 aromatic heterocycles. The zero-order valence-corrected chi connectivity index (χ0v) is 15.2. The van der Waals surface area contributed by atoms with Crippen molar-refractivity contribution in [2.75, 3.05) is 23.9 Å². The number of hydrogen-bond acceptors (Lipinski definition) is 3. The third-order valence-corrected chi connectivity index (χ3v) is 4.32. The van der Waals surface area contributed by atoms with Crippen molar-refractivity contribution in [3.8, 4) is 5.75 Å². The molecule has 1 atom stereocenters. The lowest BCUT2D eigenvalue weighted by Gasteiger charge is -2.18. The van der Waals surface area contributed by atoms with Crippen molar-refractivity contribution in [2.24, 2.45) is 0 Å². The van der Waals surface area contributed by atoms with E-state index >= 15 is 0 Å². The van der Waals surface area contributed by atoms with E-state index in [2.05, 4.69) is 10.6 Å². The number of aryl methyl sites for hydroxylation is 2. The van der Waals surface area contributed by atoms with E-state index in [1.54, 1.807) is 12.0 Å². The first-order chi connectivity index (χ1) is 12.4. The molecule has 0 spiro atoms. The maximum absolute atomic E-state index is 12.3. The number of benzene rings is 2. The monoisotopic (exact) mass is 353 g/mol. The largest absolute Gasteiger partial charge is 0.497 e. The van der Waals surface area contributed by atoms with Crippen LogP contribution in [0.3, 0.4) is 0 Å². The summed E-state index contributed by atoms with van der Waals surface area (Å²) in [5, 5.41) is 5.72. The second-order valence-electron chi connectivity index (χ2n) is 6.58. The number of urea groups is 1. The van der Waals surface area contributed by atoms with Gasteiger partial charge in [0, 0.05) is 24.3 Å². The van der Waals surface area contributed by atoms with Crippen LogP contribution in [0.15, 0.2) is 42.5 Å². The number of nitrogens with one attached hydrogen (secondary N) is 2. The predicted molar refractivity (Wildman–Crippen MR) is 102 cm³/mol. The minimum absolute atomic E-state index is 0.00753. The molecule has 0 unspecified atom stereocenters. The van der Waals surface area contributed by atoms with Crippen LogP contribution in [0.1, 0.15) is 17.5 Å². The van der Waals surface area contributed by atoms with E-state index in [4.69, 9.17) is 4.74 Å². The van der Waals surface area contributed by atoms with Gasteiger partial charge in [0.2, 0.25) is 5.91 Å². The van der Waals surface area contributed by atoms with Crippen LogP contribution < -0.4 is 20.3 Å². The minimum atomic E-state index is -0.301. The molecule has 1 saturated heterocycles. The van der Waals surface area contributed by atoms with Gasteiger partial charge in [0.05, 0.1) is 13.2 Å². The summed E-state index contributed by atoms with van der Waals surface area (Å²) >= 11 is 0. The Morgan fingerprint density at radius 2 is 1.77 bits per heavy atom. The lowest BCUT2D eigenvalue weighted by Crippen LogP contribution is -2.39. The smallest absolute Gasteiger partial charge is 0.319 e. The summed E-state index contributed by atoms with van der Waals surface area (Å²) in [5.41, 5.74) is 3.72. The molecule has 26 heavy (non-hydrogen) atoms. The summed E-state index contributed by atoms with van der Waals surface area (Å²) in [6.07, 6.45) is 0.284. The number of rotatable bonds is 4. The summed E-state index contributed by atoms with van der Waals surface area (Å²) in [5.74, 6) is 0.731. The molecule has 1 fully saturated rings. The van der Waals surface area contributed by atoms with Crippen LogP contribution in [0.25, 0.3) is 0 Å². The molecule has 1 aliphatic heterocycles. The summed E-state index contributed by atoms with van der Waals surface area (Å²) in [6, 6.07) is 12.7. The van der Waals surface area contributed by atoms with Gasteiger partial charge in [-0.1, -0.05) is 6.07 Å². The Labute approximate surface area is 153 Å². The van der Waals surface area contributed by atoms with Gasteiger partial charge in [0.1, 0.15) is 5.75 Å². The molecule has 1 heterocycles. The maximum atomic E-state index is 12.3. The average molecular weight is 353 g/mol. The Morgan fingerprint density at radius 1 is 1.12 bits per heavy atom. The van der Waals surface area contributed by atoms with Crippen molar-refractivity contribution in [1.82, 2.24) is 5.32 Å². The topological polar surface area (TPSA) is 70.7 Å². The number of ether oxygens (including phenoxy) is 1. The number of nitrogens with zero attached hydrogens (tertiary/aromatic N) is 1. The van der Waals surface area contributed by atoms with Gasteiger partial charge in [-0.3, -0.25) is 4.79 Å². The van der Waals surface area contributed by atoms with Gasteiger partial charge >= 0.3 is 6.03 Å². The fourth-order valence-electron chi connectivity index (χ4n) is 3.22. The van der Waals surface area contributed by atoms with Crippen LogP contribution >= 0.6 is 0 Å². The normalized spacial score (nSPS) is 16.5. The fourth-order valence-corrected chi connectivity index (χ4v) is 3.22.